The summed E-state index contributed by atoms with van der Waals surface area (Å²) in [6, 6.07) is 0. The maximum atomic E-state index is 11.3. The molecule has 1 aliphatic heterocycles. The maximum absolute atomic E-state index is 11.3. The second-order valence-electron chi connectivity index (χ2n) is 3.77. The topological polar surface area (TPSA) is 61.4 Å². The molecule has 15 heavy (non-hydrogen) atoms. The molecule has 0 saturated carbocycles. The zero-order chi connectivity index (χ0) is 10.9. The number of rotatable bonds is 8. The molecule has 0 bridgehead atoms. The Morgan fingerprint density at radius 2 is 2.27 bits per heavy atom. The molecule has 5 heteroatoms. The number of aliphatic hydroxyl groups is 1. The van der Waals surface area contributed by atoms with Gasteiger partial charge in [-0.1, -0.05) is 0 Å². The zero-order valence-corrected chi connectivity index (χ0v) is 9.81. The van der Waals surface area contributed by atoms with Gasteiger partial charge in [-0.05, 0) is 31.2 Å². The van der Waals surface area contributed by atoms with E-state index in [1.54, 1.807) is 11.8 Å². The van der Waals surface area contributed by atoms with Crippen LogP contribution in [-0.2, 0) is 4.79 Å². The molecule has 0 aromatic carbocycles. The van der Waals surface area contributed by atoms with Crippen LogP contribution in [0.4, 0.5) is 0 Å². The van der Waals surface area contributed by atoms with Crippen LogP contribution in [0.3, 0.4) is 0 Å². The van der Waals surface area contributed by atoms with Crippen LogP contribution in [0.15, 0.2) is 0 Å². The van der Waals surface area contributed by atoms with Gasteiger partial charge in [0.2, 0.25) is 5.91 Å². The van der Waals surface area contributed by atoms with Crippen molar-refractivity contribution in [3.05, 3.63) is 0 Å². The van der Waals surface area contributed by atoms with Gasteiger partial charge in [0.1, 0.15) is 0 Å². The first-order chi connectivity index (χ1) is 7.33. The lowest BCUT2D eigenvalue weighted by Gasteiger charge is -2.26. The largest absolute Gasteiger partial charge is 0.396 e. The summed E-state index contributed by atoms with van der Waals surface area (Å²) in [7, 11) is 0. The Morgan fingerprint density at radius 3 is 2.87 bits per heavy atom. The number of carbonyl (C=O) groups excluding carboxylic acids is 1. The van der Waals surface area contributed by atoms with Gasteiger partial charge in [-0.25, -0.2) is 0 Å². The van der Waals surface area contributed by atoms with E-state index >= 15 is 0 Å². The highest BCUT2D eigenvalue weighted by molar-refractivity contribution is 7.99. The SMILES string of the molecule is O=C(CC1CNC1)NCCSCCCO. The van der Waals surface area contributed by atoms with Crippen LogP contribution in [-0.4, -0.2) is 48.8 Å². The van der Waals surface area contributed by atoms with Crippen molar-refractivity contribution in [3.8, 4) is 0 Å². The van der Waals surface area contributed by atoms with Crippen LogP contribution >= 0.6 is 11.8 Å². The molecule has 3 N–H and O–H groups in total. The van der Waals surface area contributed by atoms with Crippen LogP contribution in [0, 0.1) is 5.92 Å². The highest BCUT2D eigenvalue weighted by Gasteiger charge is 2.19. The van der Waals surface area contributed by atoms with Gasteiger partial charge in [-0.2, -0.15) is 11.8 Å². The van der Waals surface area contributed by atoms with Crippen molar-refractivity contribution in [2.45, 2.75) is 12.8 Å². The Bertz CT molecular complexity index is 186. The zero-order valence-electron chi connectivity index (χ0n) is 9.00. The molecular weight excluding hydrogens is 212 g/mol. The summed E-state index contributed by atoms with van der Waals surface area (Å²) in [5, 5.41) is 14.6. The minimum atomic E-state index is 0.171. The first-order valence-electron chi connectivity index (χ1n) is 5.49. The van der Waals surface area contributed by atoms with Gasteiger partial charge in [-0.15, -0.1) is 0 Å². The van der Waals surface area contributed by atoms with Crippen LogP contribution in [0.1, 0.15) is 12.8 Å². The van der Waals surface area contributed by atoms with Crippen molar-refractivity contribution < 1.29 is 9.90 Å². The monoisotopic (exact) mass is 232 g/mol. The van der Waals surface area contributed by atoms with E-state index in [1.807, 2.05) is 0 Å². The molecule has 4 nitrogen and oxygen atoms in total. The summed E-state index contributed by atoms with van der Waals surface area (Å²) in [6.45, 7) is 2.97. The molecule has 1 saturated heterocycles. The quantitative estimate of drug-likeness (QED) is 0.508. The Hall–Kier alpha value is -0.260. The molecule has 0 aliphatic carbocycles. The highest BCUT2D eigenvalue weighted by Crippen LogP contribution is 2.07. The summed E-state index contributed by atoms with van der Waals surface area (Å²) in [5.41, 5.74) is 0. The Morgan fingerprint density at radius 1 is 1.47 bits per heavy atom. The van der Waals surface area contributed by atoms with Gasteiger partial charge in [0, 0.05) is 25.3 Å². The molecule has 0 spiro atoms. The molecule has 0 radical (unpaired) electrons. The molecule has 0 unspecified atom stereocenters. The number of carbonyl (C=O) groups is 1. The predicted octanol–water partition coefficient (Wildman–Crippen LogP) is -0.172. The van der Waals surface area contributed by atoms with E-state index in [2.05, 4.69) is 10.6 Å². The summed E-state index contributed by atoms with van der Waals surface area (Å²) < 4.78 is 0. The summed E-state index contributed by atoms with van der Waals surface area (Å²) in [5.74, 6) is 2.63. The molecule has 1 heterocycles. The van der Waals surface area contributed by atoms with Crippen molar-refractivity contribution in [2.75, 3.05) is 37.7 Å². The summed E-state index contributed by atoms with van der Waals surface area (Å²) >= 11 is 1.77. The maximum Gasteiger partial charge on any atom is 0.220 e. The minimum Gasteiger partial charge on any atom is -0.396 e. The molecule has 0 atom stereocenters. The van der Waals surface area contributed by atoms with Crippen molar-refractivity contribution in [3.63, 3.8) is 0 Å². The highest BCUT2D eigenvalue weighted by atomic mass is 32.2. The van der Waals surface area contributed by atoms with Crippen LogP contribution in [0.5, 0.6) is 0 Å². The molecule has 88 valence electrons. The summed E-state index contributed by atoms with van der Waals surface area (Å²) in [6.07, 6.45) is 1.50. The number of hydrogen-bond donors (Lipinski definition) is 3. The number of amides is 1. The van der Waals surface area contributed by atoms with Crippen molar-refractivity contribution >= 4 is 17.7 Å². The lowest BCUT2D eigenvalue weighted by Crippen LogP contribution is -2.44. The third-order valence-corrected chi connectivity index (χ3v) is 3.43. The second-order valence-corrected chi connectivity index (χ2v) is 4.99. The van der Waals surface area contributed by atoms with Gasteiger partial charge in [0.15, 0.2) is 0 Å². The van der Waals surface area contributed by atoms with E-state index in [4.69, 9.17) is 5.11 Å². The lowest BCUT2D eigenvalue weighted by molar-refractivity contribution is -0.122. The normalized spacial score (nSPS) is 16.1. The van der Waals surface area contributed by atoms with Gasteiger partial charge in [0.25, 0.3) is 0 Å². The fourth-order valence-corrected chi connectivity index (χ4v) is 2.14. The van der Waals surface area contributed by atoms with Crippen molar-refractivity contribution in [2.24, 2.45) is 5.92 Å². The Labute approximate surface area is 95.2 Å². The van der Waals surface area contributed by atoms with Crippen LogP contribution in [0.25, 0.3) is 0 Å². The molecular formula is C10H20N2O2S. The Kier molecular flexibility index (Phi) is 6.80. The van der Waals surface area contributed by atoms with Crippen molar-refractivity contribution in [1.82, 2.24) is 10.6 Å². The summed E-state index contributed by atoms with van der Waals surface area (Å²) in [4.78, 5) is 11.3. The molecule has 0 aromatic rings. The third kappa shape index (κ3) is 6.02. The first-order valence-corrected chi connectivity index (χ1v) is 6.64. The van der Waals surface area contributed by atoms with E-state index in [0.717, 1.165) is 37.6 Å². The molecule has 1 amide bonds. The predicted molar refractivity (Wildman–Crippen MR) is 63.0 cm³/mol. The van der Waals surface area contributed by atoms with Gasteiger partial charge in [-0.3, -0.25) is 4.79 Å². The average Bonchev–Trinajstić information content (AvgIpc) is 2.17. The van der Waals surface area contributed by atoms with E-state index in [9.17, 15) is 4.79 Å². The second kappa shape index (κ2) is 7.96. The van der Waals surface area contributed by atoms with E-state index in [1.165, 1.54) is 0 Å². The number of nitrogens with one attached hydrogen (secondary N) is 2. The van der Waals surface area contributed by atoms with E-state index < -0.39 is 0 Å². The van der Waals surface area contributed by atoms with Gasteiger partial charge < -0.3 is 15.7 Å². The number of aliphatic hydroxyl groups excluding tert-OH is 1. The smallest absolute Gasteiger partial charge is 0.220 e. The average molecular weight is 232 g/mol. The minimum absolute atomic E-state index is 0.171. The van der Waals surface area contributed by atoms with Gasteiger partial charge in [0.05, 0.1) is 0 Å². The fourth-order valence-electron chi connectivity index (χ4n) is 1.36. The molecule has 1 rings (SSSR count). The van der Waals surface area contributed by atoms with Gasteiger partial charge >= 0.3 is 0 Å². The lowest BCUT2D eigenvalue weighted by atomic mass is 9.99. The fraction of sp³-hybridized carbons (Fsp3) is 0.900. The molecule has 1 aliphatic rings. The number of hydrogen-bond acceptors (Lipinski definition) is 4. The first kappa shape index (κ1) is 12.8. The molecule has 1 fully saturated rings. The standard InChI is InChI=1S/C10H20N2O2S/c13-3-1-4-15-5-2-12-10(14)6-9-7-11-8-9/h9,11,13H,1-8H2,(H,12,14). The van der Waals surface area contributed by atoms with Crippen LogP contribution < -0.4 is 10.6 Å². The van der Waals surface area contributed by atoms with Crippen LogP contribution in [0.2, 0.25) is 0 Å². The number of thioether (sulfide) groups is 1. The Balaban J connectivity index is 1.83. The van der Waals surface area contributed by atoms with E-state index in [0.29, 0.717) is 12.3 Å². The van der Waals surface area contributed by atoms with Crippen molar-refractivity contribution in [1.29, 1.82) is 0 Å². The third-order valence-electron chi connectivity index (χ3n) is 2.36. The van der Waals surface area contributed by atoms with E-state index in [-0.39, 0.29) is 12.5 Å². The molecule has 0 aromatic heterocycles.